The number of nitrogens with one attached hydrogen (secondary N) is 1. The Kier molecular flexibility index (Phi) is 6.37. The molecule has 0 aliphatic rings. The molecule has 0 atom stereocenters. The van der Waals surface area contributed by atoms with Crippen LogP contribution in [-0.4, -0.2) is 22.5 Å². The lowest BCUT2D eigenvalue weighted by molar-refractivity contribution is -0.387. The van der Waals surface area contributed by atoms with Crippen molar-refractivity contribution in [2.24, 2.45) is 5.73 Å². The number of carbonyl (C=O) groups is 2. The van der Waals surface area contributed by atoms with Gasteiger partial charge in [-0.05, 0) is 29.8 Å². The SMILES string of the molecule is NC(=O)c1ccc(SCC(=O)NCc2cccc(Cl)c2)c([N+](=O)[O-])c1. The maximum atomic E-state index is 11.9. The zero-order chi connectivity index (χ0) is 18.4. The molecule has 130 valence electrons. The lowest BCUT2D eigenvalue weighted by Crippen LogP contribution is -2.24. The molecule has 0 saturated heterocycles. The van der Waals surface area contributed by atoms with Gasteiger partial charge in [-0.15, -0.1) is 11.8 Å². The molecule has 25 heavy (non-hydrogen) atoms. The van der Waals surface area contributed by atoms with Crippen molar-refractivity contribution in [1.29, 1.82) is 0 Å². The summed E-state index contributed by atoms with van der Waals surface area (Å²) in [5.41, 5.74) is 5.75. The van der Waals surface area contributed by atoms with Gasteiger partial charge in [0.15, 0.2) is 0 Å². The number of rotatable bonds is 7. The van der Waals surface area contributed by atoms with Crippen LogP contribution < -0.4 is 11.1 Å². The highest BCUT2D eigenvalue weighted by atomic mass is 35.5. The number of nitro benzene ring substituents is 1. The normalized spacial score (nSPS) is 10.3. The van der Waals surface area contributed by atoms with Crippen LogP contribution in [0.3, 0.4) is 0 Å². The molecule has 0 unspecified atom stereocenters. The number of primary amides is 1. The average Bonchev–Trinajstić information content (AvgIpc) is 2.57. The monoisotopic (exact) mass is 379 g/mol. The fraction of sp³-hybridized carbons (Fsp3) is 0.125. The first-order valence-corrected chi connectivity index (χ1v) is 8.45. The molecule has 0 aliphatic carbocycles. The Hall–Kier alpha value is -2.58. The molecule has 2 rings (SSSR count). The molecule has 7 nitrogen and oxygen atoms in total. The van der Waals surface area contributed by atoms with E-state index in [1.54, 1.807) is 18.2 Å². The third kappa shape index (κ3) is 5.47. The maximum absolute atomic E-state index is 11.9. The molecule has 2 aromatic carbocycles. The first-order valence-electron chi connectivity index (χ1n) is 7.09. The van der Waals surface area contributed by atoms with Gasteiger partial charge in [-0.3, -0.25) is 19.7 Å². The van der Waals surface area contributed by atoms with Gasteiger partial charge in [0.25, 0.3) is 5.69 Å². The molecule has 2 aromatic rings. The van der Waals surface area contributed by atoms with Crippen LogP contribution in [-0.2, 0) is 11.3 Å². The highest BCUT2D eigenvalue weighted by Gasteiger charge is 2.17. The van der Waals surface area contributed by atoms with Crippen molar-refractivity contribution in [2.75, 3.05) is 5.75 Å². The summed E-state index contributed by atoms with van der Waals surface area (Å²) >= 11 is 6.88. The first kappa shape index (κ1) is 18.8. The molecular weight excluding hydrogens is 366 g/mol. The van der Waals surface area contributed by atoms with Gasteiger partial charge in [0.05, 0.1) is 15.6 Å². The lowest BCUT2D eigenvalue weighted by atomic mass is 10.2. The predicted molar refractivity (Wildman–Crippen MR) is 95.6 cm³/mol. The summed E-state index contributed by atoms with van der Waals surface area (Å²) in [4.78, 5) is 33.8. The summed E-state index contributed by atoms with van der Waals surface area (Å²) < 4.78 is 0. The zero-order valence-electron chi connectivity index (χ0n) is 12.9. The maximum Gasteiger partial charge on any atom is 0.283 e. The standard InChI is InChI=1S/C16H14ClN3O4S/c17-12-3-1-2-10(6-12)8-19-15(21)9-25-14-5-4-11(16(18)22)7-13(14)20(23)24/h1-7H,8-9H2,(H2,18,22)(H,19,21). The topological polar surface area (TPSA) is 115 Å². The fourth-order valence-electron chi connectivity index (χ4n) is 1.98. The Morgan fingerprint density at radius 3 is 2.64 bits per heavy atom. The number of amides is 2. The van der Waals surface area contributed by atoms with Gasteiger partial charge in [0, 0.05) is 23.2 Å². The van der Waals surface area contributed by atoms with E-state index in [-0.39, 0.29) is 27.8 Å². The molecule has 0 spiro atoms. The number of nitrogens with zero attached hydrogens (tertiary/aromatic N) is 1. The second-order valence-corrected chi connectivity index (χ2v) is 6.45. The average molecular weight is 380 g/mol. The fourth-order valence-corrected chi connectivity index (χ4v) is 3.02. The van der Waals surface area contributed by atoms with Crippen molar-refractivity contribution >= 4 is 40.9 Å². The van der Waals surface area contributed by atoms with E-state index in [9.17, 15) is 19.7 Å². The number of halogens is 1. The van der Waals surface area contributed by atoms with Crippen LogP contribution >= 0.6 is 23.4 Å². The van der Waals surface area contributed by atoms with Gasteiger partial charge < -0.3 is 11.1 Å². The second kappa shape index (κ2) is 8.50. The summed E-state index contributed by atoms with van der Waals surface area (Å²) in [6.07, 6.45) is 0. The van der Waals surface area contributed by atoms with Gasteiger partial charge in [0.2, 0.25) is 11.8 Å². The number of thioether (sulfide) groups is 1. The van der Waals surface area contributed by atoms with Crippen molar-refractivity contribution in [3.05, 3.63) is 68.7 Å². The van der Waals surface area contributed by atoms with E-state index in [0.717, 1.165) is 23.4 Å². The Bertz CT molecular complexity index is 829. The molecule has 0 radical (unpaired) electrons. The van der Waals surface area contributed by atoms with Crippen LogP contribution in [0.5, 0.6) is 0 Å². The third-order valence-corrected chi connectivity index (χ3v) is 4.48. The highest BCUT2D eigenvalue weighted by molar-refractivity contribution is 8.00. The summed E-state index contributed by atoms with van der Waals surface area (Å²) in [5.74, 6) is -1.03. The summed E-state index contributed by atoms with van der Waals surface area (Å²) in [5, 5.41) is 14.4. The largest absolute Gasteiger partial charge is 0.366 e. The van der Waals surface area contributed by atoms with Crippen LogP contribution in [0.25, 0.3) is 0 Å². The van der Waals surface area contributed by atoms with Crippen LogP contribution in [0.4, 0.5) is 5.69 Å². The molecular formula is C16H14ClN3O4S. The number of benzene rings is 2. The van der Waals surface area contributed by atoms with E-state index in [2.05, 4.69) is 5.32 Å². The minimum atomic E-state index is -0.751. The van der Waals surface area contributed by atoms with Crippen molar-refractivity contribution in [3.8, 4) is 0 Å². The lowest BCUT2D eigenvalue weighted by Gasteiger charge is -2.07. The van der Waals surface area contributed by atoms with Crippen LogP contribution in [0, 0.1) is 10.1 Å². The van der Waals surface area contributed by atoms with E-state index < -0.39 is 10.8 Å². The van der Waals surface area contributed by atoms with E-state index in [1.807, 2.05) is 6.07 Å². The molecule has 0 saturated carbocycles. The molecule has 0 fully saturated rings. The smallest absolute Gasteiger partial charge is 0.283 e. The Balaban J connectivity index is 1.97. The quantitative estimate of drug-likeness (QED) is 0.436. The molecule has 2 amide bonds. The minimum absolute atomic E-state index is 0.00265. The second-order valence-electron chi connectivity index (χ2n) is 5.00. The predicted octanol–water partition coefficient (Wildman–Crippen LogP) is 2.76. The van der Waals surface area contributed by atoms with Gasteiger partial charge in [-0.1, -0.05) is 23.7 Å². The van der Waals surface area contributed by atoms with Gasteiger partial charge in [-0.25, -0.2) is 0 Å². The molecule has 3 N–H and O–H groups in total. The number of nitrogens with two attached hydrogens (primary N) is 1. The van der Waals surface area contributed by atoms with E-state index in [0.29, 0.717) is 11.6 Å². The van der Waals surface area contributed by atoms with Crippen LogP contribution in [0.1, 0.15) is 15.9 Å². The van der Waals surface area contributed by atoms with Gasteiger partial charge in [0.1, 0.15) is 0 Å². The van der Waals surface area contributed by atoms with Gasteiger partial charge >= 0.3 is 0 Å². The summed E-state index contributed by atoms with van der Waals surface area (Å²) in [6, 6.07) is 11.0. The molecule has 0 heterocycles. The Morgan fingerprint density at radius 1 is 1.24 bits per heavy atom. The Morgan fingerprint density at radius 2 is 2.00 bits per heavy atom. The van der Waals surface area contributed by atoms with E-state index in [4.69, 9.17) is 17.3 Å². The van der Waals surface area contributed by atoms with Crippen LogP contribution in [0.2, 0.25) is 5.02 Å². The van der Waals surface area contributed by atoms with Crippen LogP contribution in [0.15, 0.2) is 47.4 Å². The first-order chi connectivity index (χ1) is 11.9. The van der Waals surface area contributed by atoms with E-state index in [1.165, 1.54) is 12.1 Å². The van der Waals surface area contributed by atoms with Gasteiger partial charge in [-0.2, -0.15) is 0 Å². The third-order valence-electron chi connectivity index (χ3n) is 3.18. The molecule has 9 heteroatoms. The zero-order valence-corrected chi connectivity index (χ0v) is 14.5. The molecule has 0 aliphatic heterocycles. The number of hydrogen-bond acceptors (Lipinski definition) is 5. The highest BCUT2D eigenvalue weighted by Crippen LogP contribution is 2.29. The number of hydrogen-bond donors (Lipinski definition) is 2. The van der Waals surface area contributed by atoms with Crippen molar-refractivity contribution in [1.82, 2.24) is 5.32 Å². The molecule has 0 bridgehead atoms. The van der Waals surface area contributed by atoms with E-state index >= 15 is 0 Å². The summed E-state index contributed by atoms with van der Waals surface area (Å²) in [7, 11) is 0. The number of nitro groups is 1. The van der Waals surface area contributed by atoms with Crippen molar-refractivity contribution in [3.63, 3.8) is 0 Å². The summed E-state index contributed by atoms with van der Waals surface area (Å²) in [6.45, 7) is 0.308. The molecule has 0 aromatic heterocycles. The Labute approximate surface area is 152 Å². The van der Waals surface area contributed by atoms with Crippen molar-refractivity contribution < 1.29 is 14.5 Å². The number of carbonyl (C=O) groups excluding carboxylic acids is 2. The van der Waals surface area contributed by atoms with Crippen molar-refractivity contribution in [2.45, 2.75) is 11.4 Å². The minimum Gasteiger partial charge on any atom is -0.366 e.